The lowest BCUT2D eigenvalue weighted by atomic mass is 10.1. The van der Waals surface area contributed by atoms with E-state index >= 15 is 0 Å². The van der Waals surface area contributed by atoms with Gasteiger partial charge in [0.1, 0.15) is 5.75 Å². The Morgan fingerprint density at radius 3 is 2.65 bits per heavy atom. The maximum Gasteiger partial charge on any atom is 0.197 e. The lowest BCUT2D eigenvalue weighted by Gasteiger charge is -2.12. The summed E-state index contributed by atoms with van der Waals surface area (Å²) < 4.78 is 5.69. The number of H-pyrrole nitrogens is 1. The summed E-state index contributed by atoms with van der Waals surface area (Å²) >= 11 is 0. The Morgan fingerprint density at radius 1 is 1.35 bits per heavy atom. The number of imidazole rings is 1. The molecule has 1 aromatic heterocycles. The molecule has 1 aromatic carbocycles. The van der Waals surface area contributed by atoms with Crippen molar-refractivity contribution in [3.05, 3.63) is 30.0 Å². The Morgan fingerprint density at radius 2 is 2.12 bits per heavy atom. The Bertz CT molecular complexity index is 517. The molecule has 0 aliphatic rings. The first kappa shape index (κ1) is 11.5. The van der Waals surface area contributed by atoms with Crippen LogP contribution in [0.1, 0.15) is 19.4 Å². The van der Waals surface area contributed by atoms with Crippen LogP contribution in [0.5, 0.6) is 5.75 Å². The molecule has 17 heavy (non-hydrogen) atoms. The molecule has 0 spiro atoms. The zero-order valence-electron chi connectivity index (χ0n) is 10.3. The highest BCUT2D eigenvalue weighted by atomic mass is 16.5. The summed E-state index contributed by atoms with van der Waals surface area (Å²) in [6.07, 6.45) is 1.91. The first-order chi connectivity index (χ1) is 8.06. The summed E-state index contributed by atoms with van der Waals surface area (Å²) in [6, 6.07) is 6.03. The van der Waals surface area contributed by atoms with Gasteiger partial charge in [-0.3, -0.25) is 0 Å². The van der Waals surface area contributed by atoms with Gasteiger partial charge in [0.2, 0.25) is 0 Å². The average molecular weight is 231 g/mol. The minimum Gasteiger partial charge on any atom is -0.491 e. The second kappa shape index (κ2) is 4.49. The molecule has 0 aliphatic heterocycles. The van der Waals surface area contributed by atoms with Crippen LogP contribution in [-0.4, -0.2) is 16.1 Å². The topological polar surface area (TPSA) is 63.9 Å². The minimum atomic E-state index is 0.183. The first-order valence-electron chi connectivity index (χ1n) is 5.64. The van der Waals surface area contributed by atoms with Crippen molar-refractivity contribution < 1.29 is 4.74 Å². The predicted octanol–water partition coefficient (Wildman–Crippen LogP) is 2.75. The lowest BCUT2D eigenvalue weighted by molar-refractivity contribution is 0.241. The quantitative estimate of drug-likeness (QED) is 0.853. The second-order valence-electron chi connectivity index (χ2n) is 4.33. The molecule has 3 N–H and O–H groups in total. The van der Waals surface area contributed by atoms with Crippen LogP contribution in [0.3, 0.4) is 0 Å². The van der Waals surface area contributed by atoms with E-state index in [9.17, 15) is 0 Å². The van der Waals surface area contributed by atoms with Gasteiger partial charge in [0.15, 0.2) is 5.95 Å². The Labute approximate surface area is 101 Å². The number of hydrogen-bond acceptors (Lipinski definition) is 3. The Balaban J connectivity index is 2.30. The molecule has 0 amide bonds. The third kappa shape index (κ3) is 2.58. The molecular weight excluding hydrogens is 214 g/mol. The SMILES string of the molecule is Cc1cc(-c2cnc(N)[nH]2)ccc1OC(C)C. The number of benzene rings is 1. The van der Waals surface area contributed by atoms with Crippen LogP contribution in [0.25, 0.3) is 11.3 Å². The number of nitrogens with two attached hydrogens (primary N) is 1. The van der Waals surface area contributed by atoms with Crippen LogP contribution in [0.15, 0.2) is 24.4 Å². The first-order valence-corrected chi connectivity index (χ1v) is 5.64. The Hall–Kier alpha value is -1.97. The molecule has 0 fully saturated rings. The van der Waals surface area contributed by atoms with Gasteiger partial charge in [0.25, 0.3) is 0 Å². The van der Waals surface area contributed by atoms with Crippen LogP contribution < -0.4 is 10.5 Å². The van der Waals surface area contributed by atoms with Gasteiger partial charge in [-0.05, 0) is 44.5 Å². The number of nitrogens with zero attached hydrogens (tertiary/aromatic N) is 1. The molecular formula is C13H17N3O. The van der Waals surface area contributed by atoms with E-state index < -0.39 is 0 Å². The number of nitrogens with one attached hydrogen (secondary N) is 1. The Kier molecular flexibility index (Phi) is 3.04. The lowest BCUT2D eigenvalue weighted by Crippen LogP contribution is -2.06. The van der Waals surface area contributed by atoms with Crippen molar-refractivity contribution in [2.24, 2.45) is 0 Å². The largest absolute Gasteiger partial charge is 0.491 e. The summed E-state index contributed by atoms with van der Waals surface area (Å²) in [5.41, 5.74) is 8.64. The number of hydrogen-bond donors (Lipinski definition) is 2. The van der Waals surface area contributed by atoms with Crippen molar-refractivity contribution in [1.29, 1.82) is 0 Å². The molecule has 0 unspecified atom stereocenters. The van der Waals surface area contributed by atoms with Crippen molar-refractivity contribution in [2.45, 2.75) is 26.9 Å². The van der Waals surface area contributed by atoms with Gasteiger partial charge in [0.05, 0.1) is 18.0 Å². The monoisotopic (exact) mass is 231 g/mol. The number of anilines is 1. The highest BCUT2D eigenvalue weighted by Crippen LogP contribution is 2.26. The third-order valence-electron chi connectivity index (χ3n) is 2.44. The van der Waals surface area contributed by atoms with E-state index in [4.69, 9.17) is 10.5 Å². The van der Waals surface area contributed by atoms with Crippen molar-refractivity contribution in [3.63, 3.8) is 0 Å². The molecule has 0 aliphatic carbocycles. The molecule has 2 aromatic rings. The van der Waals surface area contributed by atoms with Gasteiger partial charge in [0, 0.05) is 5.56 Å². The van der Waals surface area contributed by atoms with Gasteiger partial charge >= 0.3 is 0 Å². The molecule has 0 saturated heterocycles. The molecule has 90 valence electrons. The van der Waals surface area contributed by atoms with E-state index in [0.717, 1.165) is 22.6 Å². The standard InChI is InChI=1S/C13H17N3O/c1-8(2)17-12-5-4-10(6-9(12)3)11-7-15-13(14)16-11/h4-8H,1-3H3,(H3,14,15,16). The van der Waals surface area contributed by atoms with E-state index in [1.54, 1.807) is 6.20 Å². The van der Waals surface area contributed by atoms with Crippen molar-refractivity contribution >= 4 is 5.95 Å². The van der Waals surface area contributed by atoms with E-state index in [1.165, 1.54) is 0 Å². The van der Waals surface area contributed by atoms with Crippen LogP contribution >= 0.6 is 0 Å². The fraction of sp³-hybridized carbons (Fsp3) is 0.308. The van der Waals surface area contributed by atoms with Crippen LogP contribution in [0.2, 0.25) is 0 Å². The van der Waals surface area contributed by atoms with E-state index in [2.05, 4.69) is 16.0 Å². The fourth-order valence-corrected chi connectivity index (χ4v) is 1.69. The van der Waals surface area contributed by atoms with E-state index in [1.807, 2.05) is 32.9 Å². The smallest absolute Gasteiger partial charge is 0.197 e. The number of nitrogen functional groups attached to an aromatic ring is 1. The maximum absolute atomic E-state index is 5.69. The zero-order chi connectivity index (χ0) is 12.4. The van der Waals surface area contributed by atoms with Crippen molar-refractivity contribution in [3.8, 4) is 17.0 Å². The summed E-state index contributed by atoms with van der Waals surface area (Å²) in [4.78, 5) is 6.99. The third-order valence-corrected chi connectivity index (χ3v) is 2.44. The summed E-state index contributed by atoms with van der Waals surface area (Å²) in [7, 11) is 0. The summed E-state index contributed by atoms with van der Waals surface area (Å²) in [5, 5.41) is 0. The molecule has 0 saturated carbocycles. The van der Waals surface area contributed by atoms with Gasteiger partial charge in [-0.1, -0.05) is 0 Å². The maximum atomic E-state index is 5.69. The van der Waals surface area contributed by atoms with Gasteiger partial charge in [-0.15, -0.1) is 0 Å². The summed E-state index contributed by atoms with van der Waals surface area (Å²) in [5.74, 6) is 1.34. The van der Waals surface area contributed by atoms with Crippen LogP contribution in [0.4, 0.5) is 5.95 Å². The average Bonchev–Trinajstić information content (AvgIpc) is 2.67. The number of aromatic amines is 1. The molecule has 0 atom stereocenters. The zero-order valence-corrected chi connectivity index (χ0v) is 10.3. The van der Waals surface area contributed by atoms with Crippen LogP contribution in [0, 0.1) is 6.92 Å². The molecule has 4 nitrogen and oxygen atoms in total. The number of aromatic nitrogens is 2. The highest BCUT2D eigenvalue weighted by Gasteiger charge is 2.06. The molecule has 0 bridgehead atoms. The fourth-order valence-electron chi connectivity index (χ4n) is 1.69. The van der Waals surface area contributed by atoms with E-state index in [-0.39, 0.29) is 6.10 Å². The molecule has 1 heterocycles. The predicted molar refractivity (Wildman–Crippen MR) is 68.9 cm³/mol. The molecule has 2 rings (SSSR count). The number of rotatable bonds is 3. The minimum absolute atomic E-state index is 0.183. The normalized spacial score (nSPS) is 10.8. The van der Waals surface area contributed by atoms with Gasteiger partial charge < -0.3 is 15.5 Å². The van der Waals surface area contributed by atoms with Crippen molar-refractivity contribution in [1.82, 2.24) is 9.97 Å². The van der Waals surface area contributed by atoms with Crippen molar-refractivity contribution in [2.75, 3.05) is 5.73 Å². The number of aryl methyl sites for hydroxylation is 1. The highest BCUT2D eigenvalue weighted by molar-refractivity contribution is 5.62. The molecule has 4 heteroatoms. The molecule has 0 radical (unpaired) electrons. The summed E-state index contributed by atoms with van der Waals surface area (Å²) in [6.45, 7) is 6.06. The number of ether oxygens (including phenoxy) is 1. The van der Waals surface area contributed by atoms with E-state index in [0.29, 0.717) is 5.95 Å². The van der Waals surface area contributed by atoms with Crippen LogP contribution in [-0.2, 0) is 0 Å². The second-order valence-corrected chi connectivity index (χ2v) is 4.33. The van der Waals surface area contributed by atoms with Gasteiger partial charge in [-0.25, -0.2) is 4.98 Å². The van der Waals surface area contributed by atoms with Gasteiger partial charge in [-0.2, -0.15) is 0 Å².